The Balaban J connectivity index is 1.43. The van der Waals surface area contributed by atoms with E-state index in [0.717, 1.165) is 18.5 Å². The Kier molecular flexibility index (Phi) is 3.80. The van der Waals surface area contributed by atoms with Crippen molar-refractivity contribution in [1.29, 1.82) is 0 Å². The van der Waals surface area contributed by atoms with Gasteiger partial charge in [-0.25, -0.2) is 9.07 Å². The quantitative estimate of drug-likeness (QED) is 0.861. The van der Waals surface area contributed by atoms with Crippen molar-refractivity contribution in [2.75, 3.05) is 19.7 Å². The fourth-order valence-corrected chi connectivity index (χ4v) is 3.21. The lowest BCUT2D eigenvalue weighted by Gasteiger charge is -2.39. The molecule has 2 aliphatic heterocycles. The predicted octanol–water partition coefficient (Wildman–Crippen LogP) is 1.82. The van der Waals surface area contributed by atoms with Crippen LogP contribution in [-0.2, 0) is 9.53 Å². The summed E-state index contributed by atoms with van der Waals surface area (Å²) in [6.07, 6.45) is 3.23. The lowest BCUT2D eigenvalue weighted by atomic mass is 9.96. The van der Waals surface area contributed by atoms with E-state index in [4.69, 9.17) is 4.74 Å². The third kappa shape index (κ3) is 2.58. The van der Waals surface area contributed by atoms with Crippen molar-refractivity contribution >= 4 is 5.91 Å². The Morgan fingerprint density at radius 1 is 1.38 bits per heavy atom. The highest BCUT2D eigenvalue weighted by Gasteiger charge is 2.38. The van der Waals surface area contributed by atoms with E-state index in [-0.39, 0.29) is 23.7 Å². The summed E-state index contributed by atoms with van der Waals surface area (Å²) < 4.78 is 21.1. The van der Waals surface area contributed by atoms with Crippen LogP contribution in [-0.4, -0.2) is 51.6 Å². The maximum absolute atomic E-state index is 14.2. The summed E-state index contributed by atoms with van der Waals surface area (Å²) in [6.45, 7) is 3.63. The van der Waals surface area contributed by atoms with Crippen molar-refractivity contribution in [2.24, 2.45) is 0 Å². The van der Waals surface area contributed by atoms with Gasteiger partial charge in [0.1, 0.15) is 11.8 Å². The number of nitrogens with zero attached hydrogens (tertiary/aromatic N) is 4. The minimum atomic E-state index is -0.294. The van der Waals surface area contributed by atoms with Crippen LogP contribution >= 0.6 is 0 Å². The highest BCUT2D eigenvalue weighted by atomic mass is 19.1. The summed E-state index contributed by atoms with van der Waals surface area (Å²) >= 11 is 0. The van der Waals surface area contributed by atoms with Crippen LogP contribution in [0.25, 0.3) is 5.69 Å². The van der Waals surface area contributed by atoms with Gasteiger partial charge in [-0.1, -0.05) is 17.3 Å². The third-order valence-electron chi connectivity index (χ3n) is 4.75. The SMILES string of the molecule is Cc1cccc(-n2cc(C3CN(C(=O)[C@@H]4CCCO4)C3)nn2)c1F. The Bertz CT molecular complexity index is 764. The van der Waals surface area contributed by atoms with Gasteiger partial charge in [-0.2, -0.15) is 0 Å². The van der Waals surface area contributed by atoms with Gasteiger partial charge < -0.3 is 9.64 Å². The van der Waals surface area contributed by atoms with Crippen LogP contribution in [0.1, 0.15) is 30.0 Å². The standard InChI is InChI=1S/C17H19FN4O2/c1-11-4-2-5-14(16(11)18)22-10-13(19-20-22)12-8-21(9-12)17(23)15-6-3-7-24-15/h2,4-5,10,12,15H,3,6-9H2,1H3/t15-/m0/s1. The molecule has 1 aromatic heterocycles. The maximum atomic E-state index is 14.2. The molecule has 126 valence electrons. The molecule has 0 bridgehead atoms. The van der Waals surface area contributed by atoms with Crippen LogP contribution in [0.5, 0.6) is 0 Å². The number of carbonyl (C=O) groups is 1. The molecule has 2 aromatic rings. The van der Waals surface area contributed by atoms with Crippen molar-refractivity contribution in [3.05, 3.63) is 41.5 Å². The van der Waals surface area contributed by atoms with Crippen LogP contribution in [0, 0.1) is 12.7 Å². The summed E-state index contributed by atoms with van der Waals surface area (Å²) in [6, 6.07) is 5.19. The molecule has 1 amide bonds. The monoisotopic (exact) mass is 330 g/mol. The van der Waals surface area contributed by atoms with E-state index < -0.39 is 0 Å². The zero-order chi connectivity index (χ0) is 16.7. The predicted molar refractivity (Wildman–Crippen MR) is 84.3 cm³/mol. The van der Waals surface area contributed by atoms with Gasteiger partial charge in [0.05, 0.1) is 11.9 Å². The minimum Gasteiger partial charge on any atom is -0.368 e. The maximum Gasteiger partial charge on any atom is 0.251 e. The smallest absolute Gasteiger partial charge is 0.251 e. The summed E-state index contributed by atoms with van der Waals surface area (Å²) in [4.78, 5) is 14.0. The largest absolute Gasteiger partial charge is 0.368 e. The normalized spacial score (nSPS) is 21.1. The van der Waals surface area contributed by atoms with E-state index in [9.17, 15) is 9.18 Å². The average Bonchev–Trinajstić information content (AvgIpc) is 3.20. The molecule has 2 saturated heterocycles. The number of amides is 1. The van der Waals surface area contributed by atoms with Crippen LogP contribution in [0.15, 0.2) is 24.4 Å². The number of rotatable bonds is 3. The van der Waals surface area contributed by atoms with Crippen LogP contribution in [0.2, 0.25) is 0 Å². The van der Waals surface area contributed by atoms with Crippen molar-refractivity contribution < 1.29 is 13.9 Å². The Hall–Kier alpha value is -2.28. The summed E-state index contributed by atoms with van der Waals surface area (Å²) in [5.74, 6) is -0.0735. The first-order chi connectivity index (χ1) is 11.6. The van der Waals surface area contributed by atoms with Gasteiger partial charge in [0, 0.05) is 25.6 Å². The van der Waals surface area contributed by atoms with E-state index in [1.807, 2.05) is 0 Å². The topological polar surface area (TPSA) is 60.2 Å². The molecular formula is C17H19FN4O2. The van der Waals surface area contributed by atoms with Gasteiger partial charge in [-0.15, -0.1) is 5.10 Å². The van der Waals surface area contributed by atoms with E-state index in [1.165, 1.54) is 4.68 Å². The first kappa shape index (κ1) is 15.3. The Morgan fingerprint density at radius 2 is 2.21 bits per heavy atom. The fraction of sp³-hybridized carbons (Fsp3) is 0.471. The number of halogens is 1. The van der Waals surface area contributed by atoms with E-state index >= 15 is 0 Å². The molecule has 2 fully saturated rings. The molecule has 7 heteroatoms. The molecule has 6 nitrogen and oxygen atoms in total. The molecule has 1 atom stereocenters. The van der Waals surface area contributed by atoms with Crippen molar-refractivity contribution in [1.82, 2.24) is 19.9 Å². The Labute approximate surface area is 139 Å². The molecule has 0 radical (unpaired) electrons. The molecule has 24 heavy (non-hydrogen) atoms. The molecule has 1 aromatic carbocycles. The number of carbonyl (C=O) groups excluding carboxylic acids is 1. The molecule has 3 heterocycles. The van der Waals surface area contributed by atoms with E-state index in [1.54, 1.807) is 36.2 Å². The van der Waals surface area contributed by atoms with Gasteiger partial charge in [0.15, 0.2) is 5.82 Å². The molecule has 0 unspecified atom stereocenters. The number of likely N-dealkylation sites (tertiary alicyclic amines) is 1. The van der Waals surface area contributed by atoms with Crippen LogP contribution < -0.4 is 0 Å². The summed E-state index contributed by atoms with van der Waals surface area (Å²) in [5.41, 5.74) is 1.74. The first-order valence-corrected chi connectivity index (χ1v) is 8.21. The average molecular weight is 330 g/mol. The molecular weight excluding hydrogens is 311 g/mol. The van der Waals surface area contributed by atoms with Gasteiger partial charge in [0.25, 0.3) is 5.91 Å². The van der Waals surface area contributed by atoms with Crippen molar-refractivity contribution in [3.8, 4) is 5.69 Å². The lowest BCUT2D eigenvalue weighted by Crippen LogP contribution is -2.52. The number of hydrogen-bond acceptors (Lipinski definition) is 4. The van der Waals surface area contributed by atoms with Gasteiger partial charge >= 0.3 is 0 Å². The van der Waals surface area contributed by atoms with Crippen LogP contribution in [0.3, 0.4) is 0 Å². The first-order valence-electron chi connectivity index (χ1n) is 8.21. The third-order valence-corrected chi connectivity index (χ3v) is 4.75. The second-order valence-electron chi connectivity index (χ2n) is 6.44. The summed E-state index contributed by atoms with van der Waals surface area (Å²) in [7, 11) is 0. The minimum absolute atomic E-state index is 0.0703. The number of aryl methyl sites for hydroxylation is 1. The highest BCUT2D eigenvalue weighted by molar-refractivity contribution is 5.82. The molecule has 2 aliphatic rings. The van der Waals surface area contributed by atoms with Crippen molar-refractivity contribution in [3.63, 3.8) is 0 Å². The van der Waals surface area contributed by atoms with Crippen LogP contribution in [0.4, 0.5) is 4.39 Å². The number of benzene rings is 1. The Morgan fingerprint density at radius 3 is 2.96 bits per heavy atom. The zero-order valence-electron chi connectivity index (χ0n) is 13.5. The highest BCUT2D eigenvalue weighted by Crippen LogP contribution is 2.28. The second-order valence-corrected chi connectivity index (χ2v) is 6.44. The molecule has 0 aliphatic carbocycles. The van der Waals surface area contributed by atoms with E-state index in [2.05, 4.69) is 10.3 Å². The van der Waals surface area contributed by atoms with Gasteiger partial charge in [0.2, 0.25) is 0 Å². The molecule has 4 rings (SSSR count). The fourth-order valence-electron chi connectivity index (χ4n) is 3.21. The molecule has 0 N–H and O–H groups in total. The zero-order valence-corrected chi connectivity index (χ0v) is 13.5. The van der Waals surface area contributed by atoms with Crippen molar-refractivity contribution in [2.45, 2.75) is 31.8 Å². The van der Waals surface area contributed by atoms with Gasteiger partial charge in [-0.05, 0) is 31.4 Å². The van der Waals surface area contributed by atoms with E-state index in [0.29, 0.717) is 30.9 Å². The summed E-state index contributed by atoms with van der Waals surface area (Å²) in [5, 5.41) is 8.19. The number of ether oxygens (including phenoxy) is 1. The molecule has 0 saturated carbocycles. The molecule has 0 spiro atoms. The number of hydrogen-bond donors (Lipinski definition) is 0. The number of aromatic nitrogens is 3. The second kappa shape index (κ2) is 5.98. The lowest BCUT2D eigenvalue weighted by molar-refractivity contribution is -0.145. The van der Waals surface area contributed by atoms with Gasteiger partial charge in [-0.3, -0.25) is 4.79 Å².